The second kappa shape index (κ2) is 5.13. The fraction of sp³-hybridized carbons (Fsp3) is 0.273. The summed E-state index contributed by atoms with van der Waals surface area (Å²) in [5, 5.41) is 13.0. The van der Waals surface area contributed by atoms with Crippen LogP contribution in [0.2, 0.25) is 0 Å². The number of hydrogen-bond acceptors (Lipinski definition) is 5. The number of benzene rings is 1. The van der Waals surface area contributed by atoms with Crippen molar-refractivity contribution in [3.63, 3.8) is 0 Å². The molecule has 0 saturated heterocycles. The first-order valence-corrected chi connectivity index (χ1v) is 6.00. The molecule has 1 aromatic heterocycles. The van der Waals surface area contributed by atoms with Gasteiger partial charge in [-0.1, -0.05) is 21.1 Å². The minimum Gasteiger partial charge on any atom is -0.391 e. The molecule has 0 aliphatic heterocycles. The monoisotopic (exact) mass is 315 g/mol. The average molecular weight is 316 g/mol. The van der Waals surface area contributed by atoms with E-state index >= 15 is 0 Å². The molecule has 1 aromatic carbocycles. The molecule has 18 heavy (non-hydrogen) atoms. The van der Waals surface area contributed by atoms with Crippen LogP contribution in [0, 0.1) is 5.82 Å². The summed E-state index contributed by atoms with van der Waals surface area (Å²) in [5.41, 5.74) is 6.13. The Kier molecular flexibility index (Phi) is 3.74. The van der Waals surface area contributed by atoms with Gasteiger partial charge >= 0.3 is 0 Å². The Labute approximate surface area is 111 Å². The van der Waals surface area contributed by atoms with Gasteiger partial charge in [-0.2, -0.15) is 4.98 Å². The molecule has 0 aliphatic carbocycles. The van der Waals surface area contributed by atoms with E-state index in [-0.39, 0.29) is 11.7 Å². The Morgan fingerprint density at radius 2 is 2.17 bits per heavy atom. The van der Waals surface area contributed by atoms with Crippen LogP contribution in [0.25, 0.3) is 11.4 Å². The highest BCUT2D eigenvalue weighted by Crippen LogP contribution is 2.23. The number of aromatic nitrogens is 2. The van der Waals surface area contributed by atoms with Crippen LogP contribution in [0.3, 0.4) is 0 Å². The second-order valence-corrected chi connectivity index (χ2v) is 4.80. The van der Waals surface area contributed by atoms with Crippen LogP contribution in [-0.4, -0.2) is 21.4 Å². The normalized spacial score (nSPS) is 14.5. The van der Waals surface area contributed by atoms with Gasteiger partial charge in [-0.15, -0.1) is 0 Å². The van der Waals surface area contributed by atoms with E-state index in [1.807, 2.05) is 0 Å². The molecular weight excluding hydrogens is 305 g/mol. The molecule has 2 rings (SSSR count). The van der Waals surface area contributed by atoms with Gasteiger partial charge in [0.05, 0.1) is 6.10 Å². The summed E-state index contributed by atoms with van der Waals surface area (Å²) in [7, 11) is 0. The summed E-state index contributed by atoms with van der Waals surface area (Å²) >= 11 is 3.18. The van der Waals surface area contributed by atoms with Gasteiger partial charge in [0, 0.05) is 10.0 Å². The molecule has 2 unspecified atom stereocenters. The molecule has 0 radical (unpaired) electrons. The molecule has 1 heterocycles. The van der Waals surface area contributed by atoms with Crippen molar-refractivity contribution in [2.45, 2.75) is 19.1 Å². The first kappa shape index (κ1) is 13.1. The summed E-state index contributed by atoms with van der Waals surface area (Å²) in [6, 6.07) is 3.51. The minimum atomic E-state index is -0.808. The topological polar surface area (TPSA) is 85.2 Å². The predicted octanol–water partition coefficient (Wildman–Crippen LogP) is 2.02. The van der Waals surface area contributed by atoms with Crippen molar-refractivity contribution in [3.05, 3.63) is 34.4 Å². The van der Waals surface area contributed by atoms with E-state index < -0.39 is 18.0 Å². The third kappa shape index (κ3) is 2.74. The molecule has 96 valence electrons. The third-order valence-corrected chi connectivity index (χ3v) is 2.83. The Morgan fingerprint density at radius 1 is 1.44 bits per heavy atom. The van der Waals surface area contributed by atoms with Crippen molar-refractivity contribution in [2.24, 2.45) is 5.73 Å². The van der Waals surface area contributed by atoms with Gasteiger partial charge < -0.3 is 15.4 Å². The third-order valence-electron chi connectivity index (χ3n) is 2.37. The van der Waals surface area contributed by atoms with Gasteiger partial charge in [-0.05, 0) is 25.1 Å². The second-order valence-electron chi connectivity index (χ2n) is 3.88. The summed E-state index contributed by atoms with van der Waals surface area (Å²) in [4.78, 5) is 4.03. The largest absolute Gasteiger partial charge is 0.391 e. The lowest BCUT2D eigenvalue weighted by molar-refractivity contribution is 0.146. The Morgan fingerprint density at radius 3 is 2.78 bits per heavy atom. The Bertz CT molecular complexity index is 539. The maximum Gasteiger partial charge on any atom is 0.246 e. The van der Waals surface area contributed by atoms with E-state index in [0.29, 0.717) is 10.0 Å². The van der Waals surface area contributed by atoms with Crippen molar-refractivity contribution in [3.8, 4) is 11.4 Å². The predicted molar refractivity (Wildman–Crippen MR) is 66.0 cm³/mol. The summed E-state index contributed by atoms with van der Waals surface area (Å²) in [5.74, 6) is -0.0766. The number of aliphatic hydroxyl groups is 1. The van der Waals surface area contributed by atoms with Crippen LogP contribution < -0.4 is 5.73 Å². The molecule has 0 fully saturated rings. The van der Waals surface area contributed by atoms with Crippen LogP contribution in [0.1, 0.15) is 18.9 Å². The molecule has 3 N–H and O–H groups in total. The highest BCUT2D eigenvalue weighted by atomic mass is 79.9. The zero-order chi connectivity index (χ0) is 13.3. The van der Waals surface area contributed by atoms with Gasteiger partial charge in [0.1, 0.15) is 11.9 Å². The molecule has 0 bridgehead atoms. The van der Waals surface area contributed by atoms with Gasteiger partial charge in [-0.3, -0.25) is 0 Å². The standard InChI is InChI=1S/C11H11BrFN3O2/c1-5(17)9(14)11-15-10(16-18-11)6-2-7(12)4-8(13)3-6/h2-5,9,17H,14H2,1H3. The maximum atomic E-state index is 13.2. The van der Waals surface area contributed by atoms with Crippen LogP contribution in [-0.2, 0) is 0 Å². The van der Waals surface area contributed by atoms with Crippen molar-refractivity contribution >= 4 is 15.9 Å². The summed E-state index contributed by atoms with van der Waals surface area (Å²) in [6.07, 6.45) is -0.808. The van der Waals surface area contributed by atoms with Crippen molar-refractivity contribution in [2.75, 3.05) is 0 Å². The number of nitrogens with zero attached hydrogens (tertiary/aromatic N) is 2. The molecule has 0 spiro atoms. The molecule has 2 aromatic rings. The fourth-order valence-electron chi connectivity index (χ4n) is 1.38. The minimum absolute atomic E-state index is 0.111. The van der Waals surface area contributed by atoms with Crippen molar-refractivity contribution in [1.82, 2.24) is 10.1 Å². The van der Waals surface area contributed by atoms with Crippen molar-refractivity contribution < 1.29 is 14.0 Å². The fourth-order valence-corrected chi connectivity index (χ4v) is 1.84. The Hall–Kier alpha value is -1.31. The first-order chi connectivity index (χ1) is 8.47. The highest BCUT2D eigenvalue weighted by Gasteiger charge is 2.20. The van der Waals surface area contributed by atoms with E-state index in [2.05, 4.69) is 26.1 Å². The van der Waals surface area contributed by atoms with Crippen LogP contribution >= 0.6 is 15.9 Å². The zero-order valence-corrected chi connectivity index (χ0v) is 11.1. The lowest BCUT2D eigenvalue weighted by atomic mass is 10.2. The summed E-state index contributed by atoms with van der Waals surface area (Å²) < 4.78 is 18.7. The average Bonchev–Trinajstić information content (AvgIpc) is 2.75. The molecule has 0 amide bonds. The van der Waals surface area contributed by atoms with Gasteiger partial charge in [0.2, 0.25) is 11.7 Å². The molecule has 2 atom stereocenters. The molecule has 5 nitrogen and oxygen atoms in total. The van der Waals surface area contributed by atoms with Crippen LogP contribution in [0.5, 0.6) is 0 Å². The molecular formula is C11H11BrFN3O2. The Balaban J connectivity index is 2.35. The number of rotatable bonds is 3. The number of halogens is 2. The lowest BCUT2D eigenvalue weighted by Crippen LogP contribution is -2.23. The zero-order valence-electron chi connectivity index (χ0n) is 9.47. The molecule has 0 saturated carbocycles. The van der Waals surface area contributed by atoms with Gasteiger partial charge in [-0.25, -0.2) is 4.39 Å². The first-order valence-electron chi connectivity index (χ1n) is 5.21. The van der Waals surface area contributed by atoms with Gasteiger partial charge in [0.15, 0.2) is 0 Å². The SMILES string of the molecule is CC(O)C(N)c1nc(-c2cc(F)cc(Br)c2)no1. The number of aliphatic hydroxyl groups excluding tert-OH is 1. The maximum absolute atomic E-state index is 13.2. The number of hydrogen-bond donors (Lipinski definition) is 2. The quantitative estimate of drug-likeness (QED) is 0.905. The molecule has 0 aliphatic rings. The van der Waals surface area contributed by atoms with E-state index in [9.17, 15) is 9.50 Å². The highest BCUT2D eigenvalue weighted by molar-refractivity contribution is 9.10. The smallest absolute Gasteiger partial charge is 0.246 e. The van der Waals surface area contributed by atoms with Gasteiger partial charge in [0.25, 0.3) is 0 Å². The van der Waals surface area contributed by atoms with E-state index in [4.69, 9.17) is 10.3 Å². The van der Waals surface area contributed by atoms with E-state index in [1.54, 1.807) is 6.07 Å². The van der Waals surface area contributed by atoms with E-state index in [0.717, 1.165) is 0 Å². The molecule has 7 heteroatoms. The lowest BCUT2D eigenvalue weighted by Gasteiger charge is -2.08. The summed E-state index contributed by atoms with van der Waals surface area (Å²) in [6.45, 7) is 1.52. The van der Waals surface area contributed by atoms with Crippen LogP contribution in [0.15, 0.2) is 27.2 Å². The van der Waals surface area contributed by atoms with E-state index in [1.165, 1.54) is 19.1 Å². The van der Waals surface area contributed by atoms with Crippen LogP contribution in [0.4, 0.5) is 4.39 Å². The number of nitrogens with two attached hydrogens (primary N) is 1. The van der Waals surface area contributed by atoms with Crippen molar-refractivity contribution in [1.29, 1.82) is 0 Å².